The van der Waals surface area contributed by atoms with Crippen LogP contribution in [-0.4, -0.2) is 0 Å². The van der Waals surface area contributed by atoms with Crippen molar-refractivity contribution in [3.8, 4) is 0 Å². The quantitative estimate of drug-likeness (QED) is 0.745. The molecule has 22 heavy (non-hydrogen) atoms. The van der Waals surface area contributed by atoms with Crippen LogP contribution in [0.5, 0.6) is 0 Å². The molecule has 116 valence electrons. The van der Waals surface area contributed by atoms with E-state index in [0.717, 1.165) is 11.6 Å². The van der Waals surface area contributed by atoms with Gasteiger partial charge in [-0.05, 0) is 79.2 Å². The lowest BCUT2D eigenvalue weighted by atomic mass is 9.67. The first-order valence-electron chi connectivity index (χ1n) is 8.46. The highest BCUT2D eigenvalue weighted by molar-refractivity contribution is 5.39. The maximum Gasteiger partial charge on any atom is 0.0314 e. The predicted molar refractivity (Wildman–Crippen MR) is 95.1 cm³/mol. The van der Waals surface area contributed by atoms with Crippen molar-refractivity contribution in [3.63, 3.8) is 0 Å². The highest BCUT2D eigenvalue weighted by Crippen LogP contribution is 2.45. The molecule has 1 fully saturated rings. The van der Waals surface area contributed by atoms with Gasteiger partial charge >= 0.3 is 0 Å². The van der Waals surface area contributed by atoms with Crippen molar-refractivity contribution in [2.75, 3.05) is 5.73 Å². The minimum Gasteiger partial charge on any atom is -0.399 e. The Morgan fingerprint density at radius 2 is 1.64 bits per heavy atom. The van der Waals surface area contributed by atoms with Crippen LogP contribution < -0.4 is 5.73 Å². The first-order valence-corrected chi connectivity index (χ1v) is 8.46. The van der Waals surface area contributed by atoms with E-state index in [9.17, 15) is 0 Å². The Kier molecular flexibility index (Phi) is 4.24. The summed E-state index contributed by atoms with van der Waals surface area (Å²) in [5.74, 6) is 0.751. The molecule has 0 amide bonds. The number of nitrogen functional groups attached to an aromatic ring is 1. The van der Waals surface area contributed by atoms with Gasteiger partial charge in [0.05, 0.1) is 0 Å². The van der Waals surface area contributed by atoms with Crippen LogP contribution in [0, 0.1) is 12.3 Å². The van der Waals surface area contributed by atoms with Crippen molar-refractivity contribution in [1.82, 2.24) is 0 Å². The smallest absolute Gasteiger partial charge is 0.0314 e. The lowest BCUT2D eigenvalue weighted by molar-refractivity contribution is 0.197. The number of hydrogen-bond acceptors (Lipinski definition) is 1. The van der Waals surface area contributed by atoms with Gasteiger partial charge in [0.1, 0.15) is 0 Å². The van der Waals surface area contributed by atoms with Crippen LogP contribution in [0.3, 0.4) is 0 Å². The van der Waals surface area contributed by atoms with Crippen molar-refractivity contribution in [2.24, 2.45) is 5.41 Å². The van der Waals surface area contributed by atoms with E-state index in [1.807, 2.05) is 12.1 Å². The summed E-state index contributed by atoms with van der Waals surface area (Å²) in [6, 6.07) is 17.3. The minimum absolute atomic E-state index is 0.440. The molecule has 1 aliphatic carbocycles. The van der Waals surface area contributed by atoms with Crippen molar-refractivity contribution in [3.05, 3.63) is 65.2 Å². The molecule has 1 saturated carbocycles. The van der Waals surface area contributed by atoms with Crippen LogP contribution in [0.1, 0.15) is 55.2 Å². The van der Waals surface area contributed by atoms with Gasteiger partial charge in [0.15, 0.2) is 0 Å². The number of nitrogens with two attached hydrogens (primary N) is 1. The summed E-state index contributed by atoms with van der Waals surface area (Å²) >= 11 is 0. The lowest BCUT2D eigenvalue weighted by Gasteiger charge is -2.38. The predicted octanol–water partition coefficient (Wildman–Crippen LogP) is 5.48. The third-order valence-electron chi connectivity index (χ3n) is 5.43. The van der Waals surface area contributed by atoms with Crippen LogP contribution in [0.25, 0.3) is 0 Å². The minimum atomic E-state index is 0.440. The molecule has 0 aliphatic heterocycles. The van der Waals surface area contributed by atoms with Gasteiger partial charge in [-0.2, -0.15) is 0 Å². The van der Waals surface area contributed by atoms with Crippen molar-refractivity contribution in [1.29, 1.82) is 0 Å². The summed E-state index contributed by atoms with van der Waals surface area (Å²) in [5, 5.41) is 0. The normalized spacial score (nSPS) is 25.1. The zero-order valence-corrected chi connectivity index (χ0v) is 13.8. The van der Waals surface area contributed by atoms with E-state index in [1.165, 1.54) is 43.2 Å². The Labute approximate surface area is 134 Å². The van der Waals surface area contributed by atoms with Crippen LogP contribution in [0.4, 0.5) is 5.69 Å². The van der Waals surface area contributed by atoms with E-state index in [0.29, 0.717) is 5.41 Å². The summed E-state index contributed by atoms with van der Waals surface area (Å²) in [5.41, 5.74) is 11.5. The molecule has 0 radical (unpaired) electrons. The van der Waals surface area contributed by atoms with Gasteiger partial charge in [-0.3, -0.25) is 0 Å². The van der Waals surface area contributed by atoms with Crippen LogP contribution in [-0.2, 0) is 6.42 Å². The van der Waals surface area contributed by atoms with Crippen LogP contribution in [0.15, 0.2) is 48.5 Å². The van der Waals surface area contributed by atoms with E-state index < -0.39 is 0 Å². The average Bonchev–Trinajstić information content (AvgIpc) is 2.51. The van der Waals surface area contributed by atoms with Gasteiger partial charge in [0.2, 0.25) is 0 Å². The van der Waals surface area contributed by atoms with Gasteiger partial charge in [0, 0.05) is 5.69 Å². The Bertz CT molecular complexity index is 619. The Morgan fingerprint density at radius 1 is 1.00 bits per heavy atom. The molecule has 0 heterocycles. The first-order chi connectivity index (χ1) is 10.6. The summed E-state index contributed by atoms with van der Waals surface area (Å²) in [4.78, 5) is 0. The monoisotopic (exact) mass is 293 g/mol. The molecular weight excluding hydrogens is 266 g/mol. The molecule has 2 aromatic rings. The number of hydrogen-bond donors (Lipinski definition) is 1. The van der Waals surface area contributed by atoms with Crippen LogP contribution >= 0.6 is 0 Å². The Morgan fingerprint density at radius 3 is 2.27 bits per heavy atom. The van der Waals surface area contributed by atoms with Gasteiger partial charge in [-0.15, -0.1) is 0 Å². The highest BCUT2D eigenvalue weighted by atomic mass is 14.5. The van der Waals surface area contributed by atoms with Crippen molar-refractivity contribution < 1.29 is 0 Å². The molecule has 2 N–H and O–H groups in total. The SMILES string of the molecule is Cc1ccccc1C1CCC(C)(Cc2ccc(N)cc2)CC1. The fraction of sp³-hybridized carbons (Fsp3) is 0.429. The maximum atomic E-state index is 5.79. The van der Waals surface area contributed by atoms with Crippen molar-refractivity contribution >= 4 is 5.69 Å². The van der Waals surface area contributed by atoms with Gasteiger partial charge < -0.3 is 5.73 Å². The molecular formula is C21H27N. The molecule has 0 saturated heterocycles. The summed E-state index contributed by atoms with van der Waals surface area (Å²) in [6.07, 6.45) is 6.44. The van der Waals surface area contributed by atoms with E-state index in [2.05, 4.69) is 50.2 Å². The molecule has 0 aromatic heterocycles. The Hall–Kier alpha value is -1.76. The average molecular weight is 293 g/mol. The fourth-order valence-corrected chi connectivity index (χ4v) is 3.98. The van der Waals surface area contributed by atoms with Crippen LogP contribution in [0.2, 0.25) is 0 Å². The standard InChI is InChI=1S/C21H27N/c1-16-5-3-4-6-20(16)18-11-13-21(2,14-12-18)15-17-7-9-19(22)10-8-17/h3-10,18H,11-15,22H2,1-2H3. The van der Waals surface area contributed by atoms with E-state index in [-0.39, 0.29) is 0 Å². The molecule has 2 aromatic carbocycles. The number of aryl methyl sites for hydroxylation is 1. The highest BCUT2D eigenvalue weighted by Gasteiger charge is 2.32. The summed E-state index contributed by atoms with van der Waals surface area (Å²) < 4.78 is 0. The molecule has 3 rings (SSSR count). The topological polar surface area (TPSA) is 26.0 Å². The number of anilines is 1. The second kappa shape index (κ2) is 6.16. The number of benzene rings is 2. The van der Waals surface area contributed by atoms with E-state index >= 15 is 0 Å². The molecule has 1 aliphatic rings. The maximum absolute atomic E-state index is 5.79. The second-order valence-electron chi connectivity index (χ2n) is 7.36. The van der Waals surface area contributed by atoms with E-state index in [1.54, 1.807) is 5.56 Å². The Balaban J connectivity index is 1.65. The zero-order chi connectivity index (χ0) is 15.6. The van der Waals surface area contributed by atoms with Gasteiger partial charge in [-0.1, -0.05) is 43.3 Å². The third-order valence-corrected chi connectivity index (χ3v) is 5.43. The molecule has 0 bridgehead atoms. The first kappa shape index (κ1) is 15.1. The molecule has 1 nitrogen and oxygen atoms in total. The number of rotatable bonds is 3. The third kappa shape index (κ3) is 3.35. The summed E-state index contributed by atoms with van der Waals surface area (Å²) in [7, 11) is 0. The molecule has 0 unspecified atom stereocenters. The largest absolute Gasteiger partial charge is 0.399 e. The van der Waals surface area contributed by atoms with E-state index in [4.69, 9.17) is 5.73 Å². The van der Waals surface area contributed by atoms with Gasteiger partial charge in [-0.25, -0.2) is 0 Å². The summed E-state index contributed by atoms with van der Waals surface area (Å²) in [6.45, 7) is 4.70. The fourth-order valence-electron chi connectivity index (χ4n) is 3.98. The molecule has 0 spiro atoms. The zero-order valence-electron chi connectivity index (χ0n) is 13.8. The second-order valence-corrected chi connectivity index (χ2v) is 7.36. The lowest BCUT2D eigenvalue weighted by Crippen LogP contribution is -2.26. The van der Waals surface area contributed by atoms with Gasteiger partial charge in [0.25, 0.3) is 0 Å². The van der Waals surface area contributed by atoms with Crippen molar-refractivity contribution in [2.45, 2.75) is 51.9 Å². The molecule has 0 atom stereocenters. The molecule has 1 heteroatoms.